The number of hydrogen-bond donors (Lipinski definition) is 0. The van der Waals surface area contributed by atoms with Crippen LogP contribution in [0.25, 0.3) is 66.1 Å². The molecule has 0 atom stereocenters. The second-order valence-corrected chi connectivity index (χ2v) is 20.7. The lowest BCUT2D eigenvalue weighted by Gasteiger charge is -2.32. The highest BCUT2D eigenvalue weighted by Crippen LogP contribution is 2.53. The van der Waals surface area contributed by atoms with E-state index >= 15 is 0 Å². The normalized spacial score (nSPS) is 13.9. The third-order valence-corrected chi connectivity index (χ3v) is 16.0. The molecule has 0 spiro atoms. The number of para-hydroxylation sites is 1. The molecule has 0 unspecified atom stereocenters. The van der Waals surface area contributed by atoms with Crippen molar-refractivity contribution in [2.24, 2.45) is 0 Å². The molecule has 0 aromatic heterocycles. The highest BCUT2D eigenvalue weighted by Gasteiger charge is 2.36. The van der Waals surface area contributed by atoms with Crippen molar-refractivity contribution in [2.45, 2.75) is 57.3 Å². The predicted octanol–water partition coefficient (Wildman–Crippen LogP) is 20.3. The fourth-order valence-corrected chi connectivity index (χ4v) is 12.3. The first-order chi connectivity index (χ1) is 36.0. The van der Waals surface area contributed by atoms with E-state index in [2.05, 4.69) is 272 Å². The Kier molecular flexibility index (Phi) is 11.3. The van der Waals surface area contributed by atoms with E-state index in [1.165, 1.54) is 109 Å². The maximum Gasteiger partial charge on any atom is 0.0488 e. The van der Waals surface area contributed by atoms with E-state index in [0.717, 1.165) is 39.7 Å². The zero-order chi connectivity index (χ0) is 48.9. The number of benzene rings is 11. The van der Waals surface area contributed by atoms with Gasteiger partial charge in [-0.15, -0.1) is 0 Å². The molecule has 13 rings (SSSR count). The summed E-state index contributed by atoms with van der Waals surface area (Å²) in [6.07, 6.45) is 6.48. The molecule has 0 amide bonds. The van der Waals surface area contributed by atoms with Gasteiger partial charge in [0.15, 0.2) is 0 Å². The lowest BCUT2D eigenvalue weighted by Crippen LogP contribution is -2.17. The fraction of sp³-hybridized carbons (Fsp3) is 0.127. The molecule has 0 bridgehead atoms. The van der Waals surface area contributed by atoms with Crippen molar-refractivity contribution in [3.63, 3.8) is 0 Å². The van der Waals surface area contributed by atoms with Gasteiger partial charge >= 0.3 is 0 Å². The lowest BCUT2D eigenvalue weighted by atomic mass is 9.82. The minimum atomic E-state index is -0.175. The molecule has 0 saturated heterocycles. The van der Waals surface area contributed by atoms with Crippen LogP contribution in [-0.4, -0.2) is 0 Å². The zero-order valence-corrected chi connectivity index (χ0v) is 41.7. The molecule has 2 heteroatoms. The molecule has 2 aliphatic carbocycles. The van der Waals surface area contributed by atoms with Crippen LogP contribution in [0.4, 0.5) is 34.1 Å². The fourth-order valence-electron chi connectivity index (χ4n) is 12.3. The van der Waals surface area contributed by atoms with Crippen molar-refractivity contribution in [3.8, 4) is 44.5 Å². The highest BCUT2D eigenvalue weighted by atomic mass is 15.2. The van der Waals surface area contributed by atoms with E-state index in [-0.39, 0.29) is 5.41 Å². The van der Waals surface area contributed by atoms with Crippen molar-refractivity contribution in [1.82, 2.24) is 0 Å². The molecule has 0 radical (unpaired) electrons. The van der Waals surface area contributed by atoms with Gasteiger partial charge in [0.25, 0.3) is 0 Å². The molecule has 11 aromatic carbocycles. The Hall–Kier alpha value is -8.46. The van der Waals surface area contributed by atoms with Gasteiger partial charge in [0.2, 0.25) is 0 Å². The topological polar surface area (TPSA) is 6.48 Å². The van der Waals surface area contributed by atoms with Crippen molar-refractivity contribution in [3.05, 3.63) is 265 Å². The summed E-state index contributed by atoms with van der Waals surface area (Å²) < 4.78 is 0. The molecule has 2 nitrogen and oxygen atoms in total. The van der Waals surface area contributed by atoms with Crippen LogP contribution in [0.1, 0.15) is 68.6 Å². The monoisotopic (exact) mass is 938 g/mol. The van der Waals surface area contributed by atoms with Crippen LogP contribution in [0, 0.1) is 0 Å². The van der Waals surface area contributed by atoms with Gasteiger partial charge in [-0.3, -0.25) is 0 Å². The van der Waals surface area contributed by atoms with Gasteiger partial charge in [-0.25, -0.2) is 0 Å². The summed E-state index contributed by atoms with van der Waals surface area (Å²) in [6.45, 7) is 4.78. The summed E-state index contributed by atoms with van der Waals surface area (Å²) >= 11 is 0. The molecule has 0 N–H and O–H groups in total. The summed E-state index contributed by atoms with van der Waals surface area (Å²) in [5.74, 6) is 0.604. The quantitative estimate of drug-likeness (QED) is 0.135. The second kappa shape index (κ2) is 18.6. The van der Waals surface area contributed by atoms with Crippen molar-refractivity contribution in [2.75, 3.05) is 9.80 Å². The molecular weight excluding hydrogens is 881 g/mol. The Balaban J connectivity index is 1.13. The average Bonchev–Trinajstić information content (AvgIpc) is 3.68. The number of nitrogens with zero attached hydrogens (tertiary/aromatic N) is 2. The first kappa shape index (κ1) is 44.5. The summed E-state index contributed by atoms with van der Waals surface area (Å²) in [5, 5.41) is 4.85. The average molecular weight is 939 g/mol. The van der Waals surface area contributed by atoms with Crippen LogP contribution in [0.2, 0.25) is 0 Å². The van der Waals surface area contributed by atoms with Crippen molar-refractivity contribution in [1.29, 1.82) is 0 Å². The molecule has 0 heterocycles. The minimum absolute atomic E-state index is 0.175. The van der Waals surface area contributed by atoms with Crippen LogP contribution in [0.3, 0.4) is 0 Å². The van der Waals surface area contributed by atoms with Crippen molar-refractivity contribution >= 4 is 55.7 Å². The minimum Gasteiger partial charge on any atom is -0.310 e. The molecule has 73 heavy (non-hydrogen) atoms. The largest absolute Gasteiger partial charge is 0.310 e. The number of fused-ring (bicyclic) bond motifs is 5. The predicted molar refractivity (Wildman–Crippen MR) is 311 cm³/mol. The molecule has 0 aliphatic heterocycles. The third-order valence-electron chi connectivity index (χ3n) is 16.0. The van der Waals surface area contributed by atoms with Gasteiger partial charge in [-0.2, -0.15) is 0 Å². The van der Waals surface area contributed by atoms with Crippen molar-refractivity contribution < 1.29 is 0 Å². The Morgan fingerprint density at radius 3 is 1.60 bits per heavy atom. The zero-order valence-electron chi connectivity index (χ0n) is 41.7. The van der Waals surface area contributed by atoms with E-state index in [4.69, 9.17) is 0 Å². The van der Waals surface area contributed by atoms with E-state index in [1.54, 1.807) is 0 Å². The third kappa shape index (κ3) is 8.08. The molecular formula is C71H58N2. The van der Waals surface area contributed by atoms with Gasteiger partial charge < -0.3 is 9.80 Å². The van der Waals surface area contributed by atoms with Crippen LogP contribution in [-0.2, 0) is 5.41 Å². The van der Waals surface area contributed by atoms with Gasteiger partial charge in [0.05, 0.1) is 0 Å². The molecule has 1 saturated carbocycles. The van der Waals surface area contributed by atoms with Crippen LogP contribution in [0.5, 0.6) is 0 Å². The van der Waals surface area contributed by atoms with Gasteiger partial charge in [0.1, 0.15) is 0 Å². The first-order valence-corrected chi connectivity index (χ1v) is 26.3. The van der Waals surface area contributed by atoms with E-state index in [1.807, 2.05) is 0 Å². The SMILES string of the molecule is CC1(C)c2ccccc2-c2ccc(N(c3ccc(C4CCCCC4)cc3)c3cc(-c4c(-c5ccccc5)cc5ccccc5c4-c4ccccc4)cc(N(c4ccccc4)c4ccc5ccccc5c4)c3)cc21. The van der Waals surface area contributed by atoms with E-state index < -0.39 is 0 Å². The summed E-state index contributed by atoms with van der Waals surface area (Å²) in [7, 11) is 0. The Morgan fingerprint density at radius 2 is 0.877 bits per heavy atom. The summed E-state index contributed by atoms with van der Waals surface area (Å²) in [6, 6.07) is 93.0. The van der Waals surface area contributed by atoms with Gasteiger partial charge in [-0.05, 0) is 174 Å². The van der Waals surface area contributed by atoms with E-state index in [9.17, 15) is 0 Å². The smallest absolute Gasteiger partial charge is 0.0488 e. The maximum absolute atomic E-state index is 2.53. The highest BCUT2D eigenvalue weighted by molar-refractivity contribution is 6.11. The number of anilines is 6. The number of rotatable bonds is 10. The van der Waals surface area contributed by atoms with Gasteiger partial charge in [-0.1, -0.05) is 209 Å². The lowest BCUT2D eigenvalue weighted by molar-refractivity contribution is 0.443. The molecule has 11 aromatic rings. The van der Waals surface area contributed by atoms with Crippen LogP contribution < -0.4 is 9.80 Å². The second-order valence-electron chi connectivity index (χ2n) is 20.7. The first-order valence-electron chi connectivity index (χ1n) is 26.3. The Labute approximate surface area is 430 Å². The molecule has 2 aliphatic rings. The molecule has 1 fully saturated rings. The summed E-state index contributed by atoms with van der Waals surface area (Å²) in [4.78, 5) is 4.99. The van der Waals surface area contributed by atoms with Crippen LogP contribution >= 0.6 is 0 Å². The van der Waals surface area contributed by atoms with Crippen LogP contribution in [0.15, 0.2) is 249 Å². The number of hydrogen-bond acceptors (Lipinski definition) is 2. The van der Waals surface area contributed by atoms with Gasteiger partial charge in [0, 0.05) is 39.5 Å². The standard InChI is InChI=1S/C71H58N2/c1-71(2)67-34-20-19-33-64(67)65-42-41-60(48-68(65)71)73(58-38-35-51(36-39-58)49-21-7-3-8-22-49)62-45-56(44-61(47-62)72(57-30-13-6-14-31-57)59-40-37-50-23-15-16-28-54(50)43-59)70-66(52-24-9-4-10-25-52)46-55-29-17-18-32-63(55)69(70)53-26-11-5-12-27-53/h4-6,9-20,23-49H,3,7-8,21-22H2,1-2H3. The van der Waals surface area contributed by atoms with E-state index in [0.29, 0.717) is 5.92 Å². The Morgan fingerprint density at radius 1 is 0.329 bits per heavy atom. The summed E-state index contributed by atoms with van der Waals surface area (Å²) in [5.41, 5.74) is 20.4. The maximum atomic E-state index is 2.53. The molecule has 352 valence electrons. The Bertz CT molecular complexity index is 3790.